The molecule has 3 rings (SSSR count). The third-order valence-electron chi connectivity index (χ3n) is 3.34. The molecular weight excluding hydrogens is 282 g/mol. The number of nitrogens with zero attached hydrogens (tertiary/aromatic N) is 2. The van der Waals surface area contributed by atoms with Crippen molar-refractivity contribution >= 4 is 17.3 Å². The van der Waals surface area contributed by atoms with Crippen LogP contribution in [-0.2, 0) is 0 Å². The van der Waals surface area contributed by atoms with E-state index in [1.165, 1.54) is 11.1 Å². The number of rotatable bonds is 2. The molecule has 2 aromatic carbocycles. The predicted octanol–water partition coefficient (Wildman–Crippen LogP) is 4.39. The monoisotopic (exact) mass is 297 g/mol. The number of nitrogen functional groups attached to an aromatic ring is 1. The van der Waals surface area contributed by atoms with Crippen LogP contribution in [0, 0.1) is 13.8 Å². The molecule has 1 aromatic heterocycles. The molecule has 0 aliphatic rings. The van der Waals surface area contributed by atoms with Gasteiger partial charge in [0.15, 0.2) is 0 Å². The molecule has 0 atom stereocenters. The molecule has 3 nitrogen and oxygen atoms in total. The third-order valence-corrected chi connectivity index (χ3v) is 3.67. The van der Waals surface area contributed by atoms with Crippen LogP contribution in [-0.4, -0.2) is 9.78 Å². The summed E-state index contributed by atoms with van der Waals surface area (Å²) in [5.74, 6) is 0. The highest BCUT2D eigenvalue weighted by atomic mass is 35.5. The van der Waals surface area contributed by atoms with Gasteiger partial charge in [0, 0.05) is 5.56 Å². The summed E-state index contributed by atoms with van der Waals surface area (Å²) in [5, 5.41) is 5.25. The van der Waals surface area contributed by atoms with Crippen LogP contribution in [0.1, 0.15) is 11.1 Å². The summed E-state index contributed by atoms with van der Waals surface area (Å²) in [4.78, 5) is 0. The second kappa shape index (κ2) is 5.26. The number of benzene rings is 2. The first-order valence-corrected chi connectivity index (χ1v) is 7.11. The maximum atomic E-state index is 6.23. The number of aryl methyl sites for hydroxylation is 2. The summed E-state index contributed by atoms with van der Waals surface area (Å²) in [5.41, 5.74) is 11.7. The zero-order valence-corrected chi connectivity index (χ0v) is 12.7. The fourth-order valence-corrected chi connectivity index (χ4v) is 2.69. The molecule has 1 heterocycles. The van der Waals surface area contributed by atoms with Gasteiger partial charge in [-0.05, 0) is 43.2 Å². The highest BCUT2D eigenvalue weighted by Gasteiger charge is 2.12. The van der Waals surface area contributed by atoms with Gasteiger partial charge in [-0.1, -0.05) is 35.9 Å². The molecular formula is C17H16ClN3. The maximum absolute atomic E-state index is 6.23. The van der Waals surface area contributed by atoms with Gasteiger partial charge in [-0.15, -0.1) is 0 Å². The Kier molecular flexibility index (Phi) is 3.43. The minimum Gasteiger partial charge on any atom is -0.396 e. The summed E-state index contributed by atoms with van der Waals surface area (Å²) >= 11 is 6.23. The summed E-state index contributed by atoms with van der Waals surface area (Å²) in [6.07, 6.45) is 1.83. The largest absolute Gasteiger partial charge is 0.396 e. The first kappa shape index (κ1) is 13.7. The van der Waals surface area contributed by atoms with E-state index < -0.39 is 0 Å². The van der Waals surface area contributed by atoms with Crippen molar-refractivity contribution in [1.29, 1.82) is 0 Å². The average Bonchev–Trinajstić information content (AvgIpc) is 2.80. The Labute approximate surface area is 129 Å². The van der Waals surface area contributed by atoms with Crippen LogP contribution >= 0.6 is 11.6 Å². The fraction of sp³-hybridized carbons (Fsp3) is 0.118. The second-order valence-corrected chi connectivity index (χ2v) is 5.61. The van der Waals surface area contributed by atoms with Crippen molar-refractivity contribution in [2.24, 2.45) is 0 Å². The van der Waals surface area contributed by atoms with E-state index in [2.05, 4.69) is 37.1 Å². The van der Waals surface area contributed by atoms with Crippen molar-refractivity contribution in [3.05, 3.63) is 64.8 Å². The fourth-order valence-electron chi connectivity index (χ4n) is 2.47. The van der Waals surface area contributed by atoms with E-state index in [0.717, 1.165) is 11.3 Å². The van der Waals surface area contributed by atoms with Crippen LogP contribution in [0.25, 0.3) is 16.9 Å². The topological polar surface area (TPSA) is 43.8 Å². The van der Waals surface area contributed by atoms with Gasteiger partial charge < -0.3 is 5.73 Å². The van der Waals surface area contributed by atoms with Gasteiger partial charge >= 0.3 is 0 Å². The molecule has 0 saturated carbocycles. The Morgan fingerprint density at radius 1 is 1.05 bits per heavy atom. The number of nitrogens with two attached hydrogens (primary N) is 1. The van der Waals surface area contributed by atoms with E-state index in [9.17, 15) is 0 Å². The Balaban J connectivity index is 2.12. The number of hydrogen-bond donors (Lipinski definition) is 1. The predicted molar refractivity (Wildman–Crippen MR) is 87.9 cm³/mol. The molecule has 3 aromatic rings. The van der Waals surface area contributed by atoms with Crippen LogP contribution in [0.15, 0.2) is 48.7 Å². The van der Waals surface area contributed by atoms with Crippen molar-refractivity contribution in [2.75, 3.05) is 5.73 Å². The Bertz CT molecular complexity index is 785. The lowest BCUT2D eigenvalue weighted by atomic mass is 10.1. The number of hydrogen-bond acceptors (Lipinski definition) is 2. The molecule has 2 N–H and O–H groups in total. The third kappa shape index (κ3) is 2.65. The molecule has 0 amide bonds. The van der Waals surface area contributed by atoms with E-state index >= 15 is 0 Å². The maximum Gasteiger partial charge on any atom is 0.117 e. The van der Waals surface area contributed by atoms with Crippen molar-refractivity contribution in [1.82, 2.24) is 9.78 Å². The van der Waals surface area contributed by atoms with E-state index in [0.29, 0.717) is 16.4 Å². The molecule has 0 spiro atoms. The summed E-state index contributed by atoms with van der Waals surface area (Å²) in [7, 11) is 0. The first-order chi connectivity index (χ1) is 10.0. The van der Waals surface area contributed by atoms with Crippen molar-refractivity contribution in [3.63, 3.8) is 0 Å². The average molecular weight is 298 g/mol. The number of halogens is 1. The van der Waals surface area contributed by atoms with E-state index in [1.54, 1.807) is 4.68 Å². The van der Waals surface area contributed by atoms with Gasteiger partial charge in [-0.3, -0.25) is 0 Å². The number of anilines is 1. The highest BCUT2D eigenvalue weighted by Crippen LogP contribution is 2.31. The molecule has 0 radical (unpaired) electrons. The zero-order chi connectivity index (χ0) is 15.0. The van der Waals surface area contributed by atoms with Gasteiger partial charge in [-0.25, -0.2) is 4.68 Å². The van der Waals surface area contributed by atoms with Crippen LogP contribution in [0.2, 0.25) is 5.02 Å². The standard InChI is InChI=1S/C17H16ClN3/c1-11-7-12(2)9-13(8-11)21-10-16(19)17(20-21)14-5-3-4-6-15(14)18/h3-10H,19H2,1-2H3. The molecule has 106 valence electrons. The summed E-state index contributed by atoms with van der Waals surface area (Å²) < 4.78 is 1.80. The van der Waals surface area contributed by atoms with Gasteiger partial charge in [-0.2, -0.15) is 5.10 Å². The quantitative estimate of drug-likeness (QED) is 0.762. The molecule has 0 unspecified atom stereocenters. The molecule has 0 aliphatic carbocycles. The van der Waals surface area contributed by atoms with E-state index in [-0.39, 0.29) is 0 Å². The number of aromatic nitrogens is 2. The van der Waals surface area contributed by atoms with E-state index in [4.69, 9.17) is 17.3 Å². The molecule has 0 fully saturated rings. The van der Waals surface area contributed by atoms with Gasteiger partial charge in [0.25, 0.3) is 0 Å². The smallest absolute Gasteiger partial charge is 0.117 e. The Morgan fingerprint density at radius 2 is 1.71 bits per heavy atom. The summed E-state index contributed by atoms with van der Waals surface area (Å²) in [6, 6.07) is 13.9. The van der Waals surface area contributed by atoms with E-state index in [1.807, 2.05) is 30.5 Å². The molecule has 0 saturated heterocycles. The van der Waals surface area contributed by atoms with Gasteiger partial charge in [0.1, 0.15) is 5.69 Å². The van der Waals surface area contributed by atoms with Crippen LogP contribution in [0.3, 0.4) is 0 Å². The van der Waals surface area contributed by atoms with Crippen molar-refractivity contribution in [2.45, 2.75) is 13.8 Å². The van der Waals surface area contributed by atoms with Crippen LogP contribution < -0.4 is 5.73 Å². The molecule has 21 heavy (non-hydrogen) atoms. The van der Waals surface area contributed by atoms with Crippen molar-refractivity contribution in [3.8, 4) is 16.9 Å². The molecule has 0 bridgehead atoms. The second-order valence-electron chi connectivity index (χ2n) is 5.20. The molecule has 4 heteroatoms. The minimum absolute atomic E-state index is 0.613. The van der Waals surface area contributed by atoms with Crippen molar-refractivity contribution < 1.29 is 0 Å². The lowest BCUT2D eigenvalue weighted by Gasteiger charge is -2.05. The lowest BCUT2D eigenvalue weighted by molar-refractivity contribution is 0.881. The SMILES string of the molecule is Cc1cc(C)cc(-n2cc(N)c(-c3ccccc3Cl)n2)c1. The van der Waals surface area contributed by atoms with Crippen LogP contribution in [0.5, 0.6) is 0 Å². The van der Waals surface area contributed by atoms with Gasteiger partial charge in [0.05, 0.1) is 22.6 Å². The first-order valence-electron chi connectivity index (χ1n) is 6.73. The minimum atomic E-state index is 0.613. The summed E-state index contributed by atoms with van der Waals surface area (Å²) in [6.45, 7) is 4.14. The molecule has 0 aliphatic heterocycles. The normalized spacial score (nSPS) is 10.8. The van der Waals surface area contributed by atoms with Crippen LogP contribution in [0.4, 0.5) is 5.69 Å². The lowest BCUT2D eigenvalue weighted by Crippen LogP contribution is -1.96. The highest BCUT2D eigenvalue weighted by molar-refractivity contribution is 6.33. The zero-order valence-electron chi connectivity index (χ0n) is 12.0. The Hall–Kier alpha value is -2.26. The Morgan fingerprint density at radius 3 is 2.38 bits per heavy atom. The van der Waals surface area contributed by atoms with Gasteiger partial charge in [0.2, 0.25) is 0 Å².